The van der Waals surface area contributed by atoms with E-state index in [1.54, 1.807) is 10.9 Å². The first-order valence-electron chi connectivity index (χ1n) is 10.5. The highest BCUT2D eigenvalue weighted by Gasteiger charge is 2.19. The Hall–Kier alpha value is -4.06. The fourth-order valence-electron chi connectivity index (χ4n) is 3.24. The van der Waals surface area contributed by atoms with Crippen LogP contribution < -0.4 is 14.8 Å². The van der Waals surface area contributed by atoms with Gasteiger partial charge in [0, 0.05) is 11.9 Å². The lowest BCUT2D eigenvalue weighted by atomic mass is 10.2. The standard InChI is InChI=1S/C26H25N3O3/c1-2-31-23-15-13-22(14-16-23)27-25(30)24-18-29(17-20-9-5-3-6-10-20)28-26(24)32-19-21-11-7-4-8-12-21/h3-16,18H,2,17,19H2,1H3,(H,27,30). The largest absolute Gasteiger partial charge is 0.494 e. The highest BCUT2D eigenvalue weighted by molar-refractivity contribution is 6.05. The molecule has 0 saturated carbocycles. The van der Waals surface area contributed by atoms with Crippen molar-refractivity contribution >= 4 is 11.6 Å². The summed E-state index contributed by atoms with van der Waals surface area (Å²) in [6.07, 6.45) is 1.72. The fraction of sp³-hybridized carbons (Fsp3) is 0.154. The Morgan fingerprint density at radius 3 is 2.19 bits per heavy atom. The van der Waals surface area contributed by atoms with Gasteiger partial charge in [-0.3, -0.25) is 9.48 Å². The van der Waals surface area contributed by atoms with Crippen LogP contribution in [0, 0.1) is 0 Å². The molecule has 1 N–H and O–H groups in total. The summed E-state index contributed by atoms with van der Waals surface area (Å²) < 4.78 is 13.1. The van der Waals surface area contributed by atoms with Crippen LogP contribution in [0.5, 0.6) is 11.6 Å². The van der Waals surface area contributed by atoms with Crippen LogP contribution in [-0.4, -0.2) is 22.3 Å². The normalized spacial score (nSPS) is 10.5. The summed E-state index contributed by atoms with van der Waals surface area (Å²) in [6, 6.07) is 27.0. The highest BCUT2D eigenvalue weighted by Crippen LogP contribution is 2.22. The van der Waals surface area contributed by atoms with Crippen LogP contribution in [0.2, 0.25) is 0 Å². The summed E-state index contributed by atoms with van der Waals surface area (Å²) >= 11 is 0. The smallest absolute Gasteiger partial charge is 0.262 e. The maximum Gasteiger partial charge on any atom is 0.262 e. The number of nitrogens with one attached hydrogen (secondary N) is 1. The number of rotatable bonds is 9. The van der Waals surface area contributed by atoms with Crippen molar-refractivity contribution in [3.63, 3.8) is 0 Å². The number of benzene rings is 3. The van der Waals surface area contributed by atoms with Crippen LogP contribution in [0.3, 0.4) is 0 Å². The zero-order valence-corrected chi connectivity index (χ0v) is 17.9. The number of anilines is 1. The molecule has 0 saturated heterocycles. The SMILES string of the molecule is CCOc1ccc(NC(=O)c2cn(Cc3ccccc3)nc2OCc2ccccc2)cc1. The number of hydrogen-bond acceptors (Lipinski definition) is 4. The predicted molar refractivity (Wildman–Crippen MR) is 124 cm³/mol. The second kappa shape index (κ2) is 10.3. The van der Waals surface area contributed by atoms with Crippen molar-refractivity contribution in [2.45, 2.75) is 20.1 Å². The molecule has 0 fully saturated rings. The highest BCUT2D eigenvalue weighted by atomic mass is 16.5. The molecule has 0 aliphatic carbocycles. The second-order valence-corrected chi connectivity index (χ2v) is 7.22. The second-order valence-electron chi connectivity index (χ2n) is 7.22. The molecule has 0 spiro atoms. The van der Waals surface area contributed by atoms with Crippen molar-refractivity contribution < 1.29 is 14.3 Å². The molecule has 0 aliphatic heterocycles. The van der Waals surface area contributed by atoms with Crippen LogP contribution >= 0.6 is 0 Å². The van der Waals surface area contributed by atoms with Crippen molar-refractivity contribution in [1.82, 2.24) is 9.78 Å². The minimum absolute atomic E-state index is 0.281. The van der Waals surface area contributed by atoms with Crippen molar-refractivity contribution in [2.75, 3.05) is 11.9 Å². The molecule has 32 heavy (non-hydrogen) atoms. The van der Waals surface area contributed by atoms with E-state index in [9.17, 15) is 4.79 Å². The Balaban J connectivity index is 1.53. The van der Waals surface area contributed by atoms with E-state index >= 15 is 0 Å². The molecule has 4 rings (SSSR count). The Bertz CT molecular complexity index is 1140. The quantitative estimate of drug-likeness (QED) is 0.401. The van der Waals surface area contributed by atoms with E-state index in [4.69, 9.17) is 9.47 Å². The maximum absolute atomic E-state index is 13.0. The van der Waals surface area contributed by atoms with Crippen molar-refractivity contribution in [2.24, 2.45) is 0 Å². The topological polar surface area (TPSA) is 65.4 Å². The monoisotopic (exact) mass is 427 g/mol. The van der Waals surface area contributed by atoms with Crippen LogP contribution in [0.15, 0.2) is 91.1 Å². The molecule has 4 aromatic rings. The number of amides is 1. The first-order valence-corrected chi connectivity index (χ1v) is 10.5. The third-order valence-electron chi connectivity index (χ3n) is 4.80. The number of ether oxygens (including phenoxy) is 2. The number of carbonyl (C=O) groups is 1. The van der Waals surface area contributed by atoms with E-state index in [0.717, 1.165) is 16.9 Å². The van der Waals surface area contributed by atoms with Crippen molar-refractivity contribution in [1.29, 1.82) is 0 Å². The lowest BCUT2D eigenvalue weighted by molar-refractivity contribution is 0.102. The molecule has 0 bridgehead atoms. The van der Waals surface area contributed by atoms with Crippen LogP contribution in [0.1, 0.15) is 28.4 Å². The summed E-state index contributed by atoms with van der Waals surface area (Å²) in [4.78, 5) is 13.0. The van der Waals surface area contributed by atoms with Gasteiger partial charge in [-0.05, 0) is 42.3 Å². The predicted octanol–water partition coefficient (Wildman–Crippen LogP) is 5.16. The average molecular weight is 428 g/mol. The molecule has 1 aromatic heterocycles. The molecule has 6 nitrogen and oxygen atoms in total. The molecule has 162 valence electrons. The van der Waals surface area contributed by atoms with Crippen LogP contribution in [0.4, 0.5) is 5.69 Å². The lowest BCUT2D eigenvalue weighted by Gasteiger charge is -2.08. The van der Waals surface area contributed by atoms with Gasteiger partial charge < -0.3 is 14.8 Å². The van der Waals surface area contributed by atoms with E-state index in [2.05, 4.69) is 10.4 Å². The van der Waals surface area contributed by atoms with Gasteiger partial charge in [0.15, 0.2) is 0 Å². The first kappa shape index (κ1) is 21.2. The minimum Gasteiger partial charge on any atom is -0.494 e. The molecule has 1 heterocycles. The summed E-state index contributed by atoms with van der Waals surface area (Å²) in [5, 5.41) is 7.45. The van der Waals surface area contributed by atoms with Crippen molar-refractivity contribution in [3.05, 3.63) is 108 Å². The van der Waals surface area contributed by atoms with Crippen LogP contribution in [-0.2, 0) is 13.2 Å². The summed E-state index contributed by atoms with van der Waals surface area (Å²) in [5.41, 5.74) is 3.14. The van der Waals surface area contributed by atoms with Crippen molar-refractivity contribution in [3.8, 4) is 11.6 Å². The molecule has 3 aromatic carbocycles. The molecule has 0 atom stereocenters. The van der Waals surface area contributed by atoms with E-state index in [1.165, 1.54) is 0 Å². The first-order chi connectivity index (χ1) is 15.7. The third-order valence-corrected chi connectivity index (χ3v) is 4.80. The molecule has 0 unspecified atom stereocenters. The van der Waals surface area contributed by atoms with Gasteiger partial charge in [-0.2, -0.15) is 0 Å². The van der Waals surface area contributed by atoms with Gasteiger partial charge in [0.25, 0.3) is 5.91 Å². The number of nitrogens with zero attached hydrogens (tertiary/aromatic N) is 2. The molecular weight excluding hydrogens is 402 g/mol. The number of carbonyl (C=O) groups excluding carboxylic acids is 1. The fourth-order valence-corrected chi connectivity index (χ4v) is 3.24. The van der Waals surface area contributed by atoms with Gasteiger partial charge in [-0.15, -0.1) is 5.10 Å². The Morgan fingerprint density at radius 1 is 0.875 bits per heavy atom. The van der Waals surface area contributed by atoms with Gasteiger partial charge in [-0.1, -0.05) is 60.7 Å². The third kappa shape index (κ3) is 5.55. The lowest BCUT2D eigenvalue weighted by Crippen LogP contribution is -2.12. The van der Waals surface area contributed by atoms with Gasteiger partial charge in [-0.25, -0.2) is 0 Å². The van der Waals surface area contributed by atoms with Gasteiger partial charge in [0.05, 0.1) is 13.2 Å². The average Bonchev–Trinajstić information content (AvgIpc) is 3.23. The van der Waals surface area contributed by atoms with E-state index in [0.29, 0.717) is 36.9 Å². The van der Waals surface area contributed by atoms with Crippen LogP contribution in [0.25, 0.3) is 0 Å². The molecule has 6 heteroatoms. The molecule has 1 amide bonds. The molecule has 0 aliphatic rings. The molecule has 0 radical (unpaired) electrons. The van der Waals surface area contributed by atoms with E-state index in [1.807, 2.05) is 91.9 Å². The summed E-state index contributed by atoms with van der Waals surface area (Å²) in [5.74, 6) is 0.776. The maximum atomic E-state index is 13.0. The Labute approximate surface area is 187 Å². The summed E-state index contributed by atoms with van der Waals surface area (Å²) in [7, 11) is 0. The number of hydrogen-bond donors (Lipinski definition) is 1. The minimum atomic E-state index is -0.281. The Morgan fingerprint density at radius 2 is 1.53 bits per heavy atom. The van der Waals surface area contributed by atoms with Gasteiger partial charge >= 0.3 is 0 Å². The number of aromatic nitrogens is 2. The van der Waals surface area contributed by atoms with Gasteiger partial charge in [0.1, 0.15) is 17.9 Å². The zero-order chi connectivity index (χ0) is 22.2. The zero-order valence-electron chi connectivity index (χ0n) is 17.9. The summed E-state index contributed by atoms with van der Waals surface area (Å²) in [6.45, 7) is 3.39. The van der Waals surface area contributed by atoms with E-state index < -0.39 is 0 Å². The Kier molecular flexibility index (Phi) is 6.82. The van der Waals surface area contributed by atoms with E-state index in [-0.39, 0.29) is 5.91 Å². The van der Waals surface area contributed by atoms with Gasteiger partial charge in [0.2, 0.25) is 5.88 Å². The molecular formula is C26H25N3O3.